The number of rotatable bonds is 6. The average molecular weight is 333 g/mol. The predicted octanol–water partition coefficient (Wildman–Crippen LogP) is 1.70. The molecule has 0 saturated carbocycles. The van der Waals surface area contributed by atoms with Gasteiger partial charge in [0, 0.05) is 25.2 Å². The minimum Gasteiger partial charge on any atom is -0.395 e. The van der Waals surface area contributed by atoms with Gasteiger partial charge in [0.2, 0.25) is 0 Å². The zero-order valence-electron chi connectivity index (χ0n) is 12.9. The van der Waals surface area contributed by atoms with Crippen LogP contribution >= 0.6 is 12.2 Å². The Labute approximate surface area is 138 Å². The van der Waals surface area contributed by atoms with Gasteiger partial charge in [0.15, 0.2) is 4.77 Å². The highest BCUT2D eigenvalue weighted by atomic mass is 32.1. The molecule has 2 aromatic rings. The molecule has 6 nitrogen and oxygen atoms in total. The number of nitrogens with one attached hydrogen (secondary N) is 1. The van der Waals surface area contributed by atoms with E-state index in [0.717, 1.165) is 0 Å². The third kappa shape index (κ3) is 3.40. The summed E-state index contributed by atoms with van der Waals surface area (Å²) >= 11 is 5.19. The van der Waals surface area contributed by atoms with Gasteiger partial charge in [0.25, 0.3) is 11.5 Å². The number of aromatic nitrogens is 2. The monoisotopic (exact) mass is 333 g/mol. The Balaban J connectivity index is 2.54. The molecule has 1 amide bonds. The molecule has 1 heterocycles. The van der Waals surface area contributed by atoms with Gasteiger partial charge < -0.3 is 15.0 Å². The number of hydrogen-bond donors (Lipinski definition) is 2. The standard InChI is InChI=1S/C16H19N3O3S/c1-3-7-19-15(22)12-6-5-11(10-13(12)17-16(19)23)14(21)18(4-2)8-9-20/h3,5-6,10,20H,1,4,7-9H2,2H3,(H,17,23). The second-order valence-corrected chi connectivity index (χ2v) is 5.39. The van der Waals surface area contributed by atoms with Gasteiger partial charge in [-0.25, -0.2) is 0 Å². The van der Waals surface area contributed by atoms with Gasteiger partial charge in [-0.2, -0.15) is 0 Å². The van der Waals surface area contributed by atoms with Gasteiger partial charge in [0.1, 0.15) is 0 Å². The van der Waals surface area contributed by atoms with E-state index in [0.29, 0.717) is 29.6 Å². The summed E-state index contributed by atoms with van der Waals surface area (Å²) in [4.78, 5) is 29.4. The number of benzene rings is 1. The van der Waals surface area contributed by atoms with E-state index >= 15 is 0 Å². The van der Waals surface area contributed by atoms with Crippen LogP contribution in [0.1, 0.15) is 17.3 Å². The highest BCUT2D eigenvalue weighted by molar-refractivity contribution is 7.71. The molecule has 0 aliphatic carbocycles. The number of aliphatic hydroxyl groups is 1. The molecule has 0 atom stereocenters. The maximum Gasteiger partial charge on any atom is 0.262 e. The Kier molecular flexibility index (Phi) is 5.46. The van der Waals surface area contributed by atoms with Crippen molar-refractivity contribution < 1.29 is 9.90 Å². The number of nitrogens with zero attached hydrogens (tertiary/aromatic N) is 2. The van der Waals surface area contributed by atoms with E-state index in [9.17, 15) is 9.59 Å². The molecule has 0 spiro atoms. The topological polar surface area (TPSA) is 78.3 Å². The van der Waals surface area contributed by atoms with Gasteiger partial charge in [0.05, 0.1) is 17.5 Å². The summed E-state index contributed by atoms with van der Waals surface area (Å²) in [5, 5.41) is 9.48. The molecule has 0 fully saturated rings. The van der Waals surface area contributed by atoms with E-state index in [2.05, 4.69) is 11.6 Å². The van der Waals surface area contributed by atoms with Crippen molar-refractivity contribution >= 4 is 29.0 Å². The molecule has 0 radical (unpaired) electrons. The summed E-state index contributed by atoms with van der Waals surface area (Å²) in [6.45, 7) is 6.45. The number of carbonyl (C=O) groups excluding carboxylic acids is 1. The number of amides is 1. The fourth-order valence-electron chi connectivity index (χ4n) is 2.39. The largest absolute Gasteiger partial charge is 0.395 e. The number of aliphatic hydroxyl groups excluding tert-OH is 1. The maximum absolute atomic E-state index is 12.4. The van der Waals surface area contributed by atoms with Crippen LogP contribution in [0.4, 0.5) is 0 Å². The van der Waals surface area contributed by atoms with Gasteiger partial charge in [-0.1, -0.05) is 6.08 Å². The fourth-order valence-corrected chi connectivity index (χ4v) is 2.66. The molecule has 2 N–H and O–H groups in total. The Hall–Kier alpha value is -2.25. The lowest BCUT2D eigenvalue weighted by molar-refractivity contribution is 0.0732. The van der Waals surface area contributed by atoms with E-state index < -0.39 is 0 Å². The Morgan fingerprint density at radius 2 is 2.26 bits per heavy atom. The normalized spacial score (nSPS) is 10.7. The molecule has 0 aliphatic heterocycles. The first-order chi connectivity index (χ1) is 11.0. The van der Waals surface area contributed by atoms with Gasteiger partial charge in [-0.05, 0) is 37.3 Å². The van der Waals surface area contributed by atoms with Crippen LogP contribution in [-0.4, -0.2) is 45.2 Å². The first-order valence-corrected chi connectivity index (χ1v) is 7.72. The first kappa shape index (κ1) is 17.1. The number of likely N-dealkylation sites (N-methyl/N-ethyl adjacent to an activating group) is 1. The second kappa shape index (κ2) is 7.34. The Morgan fingerprint density at radius 1 is 1.52 bits per heavy atom. The number of hydrogen-bond acceptors (Lipinski definition) is 4. The minimum absolute atomic E-state index is 0.0954. The molecular formula is C16H19N3O3S. The first-order valence-electron chi connectivity index (χ1n) is 7.31. The second-order valence-electron chi connectivity index (χ2n) is 5.00. The SMILES string of the molecule is C=CCn1c(=S)[nH]c2cc(C(=O)N(CC)CCO)ccc2c1=O. The smallest absolute Gasteiger partial charge is 0.262 e. The molecular weight excluding hydrogens is 314 g/mol. The van der Waals surface area contributed by atoms with Crippen LogP contribution in [0.5, 0.6) is 0 Å². The van der Waals surface area contributed by atoms with Crippen molar-refractivity contribution in [2.75, 3.05) is 19.7 Å². The molecule has 0 saturated heterocycles. The van der Waals surface area contributed by atoms with Crippen molar-refractivity contribution in [3.8, 4) is 0 Å². The van der Waals surface area contributed by atoms with Crippen LogP contribution in [0.25, 0.3) is 10.9 Å². The molecule has 0 unspecified atom stereocenters. The number of allylic oxidation sites excluding steroid dienone is 1. The van der Waals surface area contributed by atoms with Crippen molar-refractivity contribution in [1.29, 1.82) is 0 Å². The lowest BCUT2D eigenvalue weighted by Crippen LogP contribution is -2.33. The molecule has 0 aliphatic rings. The third-order valence-electron chi connectivity index (χ3n) is 3.58. The summed E-state index contributed by atoms with van der Waals surface area (Å²) in [5.41, 5.74) is 0.746. The van der Waals surface area contributed by atoms with Gasteiger partial charge in [-0.3, -0.25) is 14.2 Å². The van der Waals surface area contributed by atoms with Crippen LogP contribution in [0.2, 0.25) is 0 Å². The minimum atomic E-state index is -0.217. The van der Waals surface area contributed by atoms with Crippen molar-refractivity contribution in [3.63, 3.8) is 0 Å². The summed E-state index contributed by atoms with van der Waals surface area (Å²) < 4.78 is 1.70. The number of fused-ring (bicyclic) bond motifs is 1. The number of H-pyrrole nitrogens is 1. The summed E-state index contributed by atoms with van der Waals surface area (Å²) in [7, 11) is 0. The van der Waals surface area contributed by atoms with E-state index in [1.54, 1.807) is 24.3 Å². The van der Waals surface area contributed by atoms with Crippen molar-refractivity contribution in [1.82, 2.24) is 14.5 Å². The molecule has 1 aromatic heterocycles. The molecule has 122 valence electrons. The van der Waals surface area contributed by atoms with Crippen LogP contribution in [-0.2, 0) is 6.54 Å². The van der Waals surface area contributed by atoms with Crippen molar-refractivity contribution in [2.24, 2.45) is 0 Å². The zero-order valence-corrected chi connectivity index (χ0v) is 13.7. The lowest BCUT2D eigenvalue weighted by atomic mass is 10.1. The average Bonchev–Trinajstić information content (AvgIpc) is 2.55. The van der Waals surface area contributed by atoms with E-state index in [-0.39, 0.29) is 29.4 Å². The highest BCUT2D eigenvalue weighted by Crippen LogP contribution is 2.13. The summed E-state index contributed by atoms with van der Waals surface area (Å²) in [5.74, 6) is -0.196. The maximum atomic E-state index is 12.4. The predicted molar refractivity (Wildman–Crippen MR) is 92.3 cm³/mol. The zero-order chi connectivity index (χ0) is 17.0. The summed E-state index contributed by atoms with van der Waals surface area (Å²) in [6.07, 6.45) is 1.60. The van der Waals surface area contributed by atoms with Crippen molar-refractivity contribution in [2.45, 2.75) is 13.5 Å². The van der Waals surface area contributed by atoms with E-state index in [4.69, 9.17) is 17.3 Å². The van der Waals surface area contributed by atoms with Crippen LogP contribution in [0, 0.1) is 4.77 Å². The van der Waals surface area contributed by atoms with Crippen LogP contribution in [0.3, 0.4) is 0 Å². The van der Waals surface area contributed by atoms with Crippen LogP contribution < -0.4 is 5.56 Å². The Bertz CT molecular complexity index is 854. The summed E-state index contributed by atoms with van der Waals surface area (Å²) in [6, 6.07) is 4.84. The van der Waals surface area contributed by atoms with Crippen molar-refractivity contribution in [3.05, 3.63) is 51.5 Å². The Morgan fingerprint density at radius 3 is 2.87 bits per heavy atom. The quantitative estimate of drug-likeness (QED) is 0.623. The highest BCUT2D eigenvalue weighted by Gasteiger charge is 2.15. The molecule has 1 aromatic carbocycles. The third-order valence-corrected chi connectivity index (χ3v) is 3.90. The molecule has 0 bridgehead atoms. The lowest BCUT2D eigenvalue weighted by Gasteiger charge is -2.19. The van der Waals surface area contributed by atoms with Crippen LogP contribution in [0.15, 0.2) is 35.6 Å². The number of aromatic amines is 1. The fraction of sp³-hybridized carbons (Fsp3) is 0.312. The van der Waals surface area contributed by atoms with Gasteiger partial charge in [-0.15, -0.1) is 6.58 Å². The molecule has 7 heteroatoms. The van der Waals surface area contributed by atoms with E-state index in [1.807, 2.05) is 6.92 Å². The molecule has 23 heavy (non-hydrogen) atoms. The number of carbonyl (C=O) groups is 1. The molecule has 2 rings (SSSR count). The van der Waals surface area contributed by atoms with E-state index in [1.165, 1.54) is 9.47 Å². The van der Waals surface area contributed by atoms with Gasteiger partial charge >= 0.3 is 0 Å².